The fourth-order valence-corrected chi connectivity index (χ4v) is 4.02. The molecule has 0 aliphatic rings. The quantitative estimate of drug-likeness (QED) is 0.341. The normalized spacial score (nSPS) is 13.2. The van der Waals surface area contributed by atoms with Crippen molar-refractivity contribution in [2.75, 3.05) is 59.5 Å². The average Bonchev–Trinajstić information content (AvgIpc) is 2.67. The van der Waals surface area contributed by atoms with Gasteiger partial charge in [0.1, 0.15) is 19.2 Å². The second kappa shape index (κ2) is 18.8. The van der Waals surface area contributed by atoms with Gasteiger partial charge in [-0.3, -0.25) is 0 Å². The van der Waals surface area contributed by atoms with E-state index in [0.29, 0.717) is 6.61 Å². The molecule has 4 heteroatoms. The lowest BCUT2D eigenvalue weighted by Crippen LogP contribution is -2.51. The molecule has 172 valence electrons. The molecule has 0 aliphatic heterocycles. The molecule has 0 rings (SSSR count). The van der Waals surface area contributed by atoms with Gasteiger partial charge >= 0.3 is 0 Å². The summed E-state index contributed by atoms with van der Waals surface area (Å²) in [4.78, 5) is 0. The molecule has 1 unspecified atom stereocenters. The first-order chi connectivity index (χ1) is 13.3. The zero-order valence-corrected chi connectivity index (χ0v) is 20.7. The third-order valence-electron chi connectivity index (χ3n) is 6.03. The van der Waals surface area contributed by atoms with Gasteiger partial charge in [-0.2, -0.15) is 0 Å². The van der Waals surface area contributed by atoms with Crippen LogP contribution in [-0.2, 0) is 0 Å². The van der Waals surface area contributed by atoms with E-state index in [1.165, 1.54) is 84.1 Å². The molecule has 0 saturated carbocycles. The van der Waals surface area contributed by atoms with Gasteiger partial charge in [-0.25, -0.2) is 0 Å². The smallest absolute Gasteiger partial charge is 0.104 e. The van der Waals surface area contributed by atoms with Crippen LogP contribution in [0.5, 0.6) is 0 Å². The van der Waals surface area contributed by atoms with Crippen LogP contribution in [0.1, 0.15) is 92.9 Å². The predicted molar refractivity (Wildman–Crippen MR) is 125 cm³/mol. The molecule has 2 N–H and O–H groups in total. The van der Waals surface area contributed by atoms with Gasteiger partial charge < -0.3 is 19.2 Å². The Balaban J connectivity index is 0. The number of aliphatic hydroxyl groups excluding tert-OH is 2. The van der Waals surface area contributed by atoms with E-state index in [0.717, 1.165) is 22.1 Å². The Bertz CT molecular complexity index is 306. The third-order valence-corrected chi connectivity index (χ3v) is 6.03. The lowest BCUT2D eigenvalue weighted by atomic mass is 10.2. The van der Waals surface area contributed by atoms with Gasteiger partial charge in [0.15, 0.2) is 0 Å². The van der Waals surface area contributed by atoms with Crippen LogP contribution in [0.2, 0.25) is 0 Å². The monoisotopic (exact) mass is 404 g/mol. The van der Waals surface area contributed by atoms with Gasteiger partial charge in [0.2, 0.25) is 0 Å². The molecular weight excluding hydrogens is 348 g/mol. The molecule has 28 heavy (non-hydrogen) atoms. The Hall–Kier alpha value is -0.160. The Morgan fingerprint density at radius 2 is 1.07 bits per heavy atom. The van der Waals surface area contributed by atoms with Crippen LogP contribution in [0.4, 0.5) is 0 Å². The minimum Gasteiger partial charge on any atom is -0.391 e. The van der Waals surface area contributed by atoms with Gasteiger partial charge in [0.05, 0.1) is 46.4 Å². The van der Waals surface area contributed by atoms with Gasteiger partial charge in [-0.05, 0) is 39.5 Å². The van der Waals surface area contributed by atoms with Crippen LogP contribution in [0, 0.1) is 0 Å². The van der Waals surface area contributed by atoms with Crippen molar-refractivity contribution in [1.82, 2.24) is 0 Å². The summed E-state index contributed by atoms with van der Waals surface area (Å²) in [5.41, 5.74) is 0. The number of hydrogen-bond acceptors (Lipinski definition) is 2. The van der Waals surface area contributed by atoms with E-state index in [2.05, 4.69) is 41.7 Å². The number of quaternary nitrogens is 2. The van der Waals surface area contributed by atoms with Crippen molar-refractivity contribution in [3.63, 3.8) is 0 Å². The van der Waals surface area contributed by atoms with Crippen molar-refractivity contribution in [2.45, 2.75) is 99.0 Å². The third kappa shape index (κ3) is 15.7. The number of aliphatic hydroxyl groups is 2. The molecule has 0 amide bonds. The number of unbranched alkanes of at least 4 members (excludes halogenated alkanes) is 4. The summed E-state index contributed by atoms with van der Waals surface area (Å²) >= 11 is 0. The molecule has 0 aliphatic carbocycles. The maximum atomic E-state index is 9.47. The van der Waals surface area contributed by atoms with E-state index in [9.17, 15) is 5.11 Å². The Labute approximate surface area is 178 Å². The summed E-state index contributed by atoms with van der Waals surface area (Å²) < 4.78 is 2.16. The van der Waals surface area contributed by atoms with Crippen molar-refractivity contribution in [2.24, 2.45) is 0 Å². The van der Waals surface area contributed by atoms with E-state index in [-0.39, 0.29) is 6.10 Å². The number of nitrogens with zero attached hydrogens (tertiary/aromatic N) is 2. The highest BCUT2D eigenvalue weighted by Gasteiger charge is 2.23. The number of likely N-dealkylation sites (N-methyl/N-ethyl adjacent to an activating group) is 2. The molecule has 0 aromatic rings. The van der Waals surface area contributed by atoms with Gasteiger partial charge in [-0.15, -0.1) is 0 Å². The van der Waals surface area contributed by atoms with Crippen LogP contribution >= 0.6 is 0 Å². The van der Waals surface area contributed by atoms with E-state index in [1.54, 1.807) is 0 Å². The number of hydrogen-bond donors (Lipinski definition) is 2. The van der Waals surface area contributed by atoms with E-state index >= 15 is 0 Å². The molecular formula is C24H56N2O2+2. The fourth-order valence-electron chi connectivity index (χ4n) is 4.02. The summed E-state index contributed by atoms with van der Waals surface area (Å²) in [6.45, 7) is 21.3. The highest BCUT2D eigenvalue weighted by Crippen LogP contribution is 2.12. The second-order valence-corrected chi connectivity index (χ2v) is 9.06. The van der Waals surface area contributed by atoms with Crippen LogP contribution in [-0.4, -0.2) is 84.8 Å². The predicted octanol–water partition coefficient (Wildman–Crippen LogP) is 4.83. The zero-order chi connectivity index (χ0) is 21.9. The van der Waals surface area contributed by atoms with Gasteiger partial charge in [-0.1, -0.05) is 53.4 Å². The second-order valence-electron chi connectivity index (χ2n) is 9.06. The highest BCUT2D eigenvalue weighted by atomic mass is 16.3. The lowest BCUT2D eigenvalue weighted by molar-refractivity contribution is -0.927. The first-order valence-corrected chi connectivity index (χ1v) is 12.3. The lowest BCUT2D eigenvalue weighted by Gasteiger charge is -2.37. The molecule has 4 nitrogen and oxygen atoms in total. The summed E-state index contributed by atoms with van der Waals surface area (Å²) in [5, 5.41) is 18.6. The topological polar surface area (TPSA) is 40.5 Å². The summed E-state index contributed by atoms with van der Waals surface area (Å²) in [6.07, 6.45) is 9.97. The molecule has 0 saturated heterocycles. The Kier molecular flexibility index (Phi) is 20.2. The maximum absolute atomic E-state index is 9.47. The van der Waals surface area contributed by atoms with Crippen molar-refractivity contribution in [3.05, 3.63) is 0 Å². The molecule has 0 bridgehead atoms. The largest absolute Gasteiger partial charge is 0.391 e. The van der Waals surface area contributed by atoms with Crippen LogP contribution in [0.25, 0.3) is 0 Å². The minimum atomic E-state index is -0.172. The maximum Gasteiger partial charge on any atom is 0.104 e. The SMILES string of the molecule is CCCC[N+](C)(CCCC)CC(C)O.CCCC[N+](CC)(CCO)CCCC. The first-order valence-electron chi connectivity index (χ1n) is 12.3. The summed E-state index contributed by atoms with van der Waals surface area (Å²) in [6, 6.07) is 0. The van der Waals surface area contributed by atoms with Crippen LogP contribution < -0.4 is 0 Å². The van der Waals surface area contributed by atoms with Crippen LogP contribution in [0.3, 0.4) is 0 Å². The van der Waals surface area contributed by atoms with Gasteiger partial charge in [0, 0.05) is 0 Å². The van der Waals surface area contributed by atoms with Crippen LogP contribution in [0.15, 0.2) is 0 Å². The van der Waals surface area contributed by atoms with Crippen molar-refractivity contribution < 1.29 is 19.2 Å². The van der Waals surface area contributed by atoms with E-state index in [4.69, 9.17) is 5.11 Å². The summed E-state index contributed by atoms with van der Waals surface area (Å²) in [7, 11) is 2.28. The summed E-state index contributed by atoms with van der Waals surface area (Å²) in [5.74, 6) is 0. The minimum absolute atomic E-state index is 0.172. The van der Waals surface area contributed by atoms with Crippen molar-refractivity contribution >= 4 is 0 Å². The van der Waals surface area contributed by atoms with Crippen molar-refractivity contribution in [1.29, 1.82) is 0 Å². The Morgan fingerprint density at radius 3 is 1.36 bits per heavy atom. The molecule has 0 aromatic heterocycles. The molecule has 1 atom stereocenters. The van der Waals surface area contributed by atoms with Gasteiger partial charge in [0.25, 0.3) is 0 Å². The molecule has 0 aromatic carbocycles. The van der Waals surface area contributed by atoms with Crippen molar-refractivity contribution in [3.8, 4) is 0 Å². The zero-order valence-electron chi connectivity index (χ0n) is 20.7. The molecule has 0 spiro atoms. The highest BCUT2D eigenvalue weighted by molar-refractivity contribution is 4.48. The molecule has 0 radical (unpaired) electrons. The molecule has 0 fully saturated rings. The van der Waals surface area contributed by atoms with E-state index in [1.807, 2.05) is 6.92 Å². The first kappa shape index (κ1) is 30.0. The average molecular weight is 405 g/mol. The standard InChI is InChI=1S/2C12H28NO/c1-5-7-9-13(4,10-8-6-2)11-12(3)14;1-4-7-9-13(6-3,11-12-14)10-8-5-2/h12,14H,5-11H2,1-4H3;14H,4-12H2,1-3H3/q2*+1. The number of rotatable bonds is 17. The van der Waals surface area contributed by atoms with E-state index < -0.39 is 0 Å². The Morgan fingerprint density at radius 1 is 0.679 bits per heavy atom. The fraction of sp³-hybridized carbons (Fsp3) is 1.00. The molecule has 0 heterocycles.